The number of carbonyl (C=O) groups excluding carboxylic acids is 1. The molecule has 0 saturated carbocycles. The van der Waals surface area contributed by atoms with E-state index in [1.165, 1.54) is 19.2 Å². The monoisotopic (exact) mass is 465 g/mol. The molecule has 0 radical (unpaired) electrons. The van der Waals surface area contributed by atoms with E-state index in [2.05, 4.69) is 10.4 Å². The average Bonchev–Trinajstić information content (AvgIpc) is 2.79. The van der Waals surface area contributed by atoms with E-state index in [4.69, 9.17) is 23.2 Å². The van der Waals surface area contributed by atoms with Crippen molar-refractivity contribution in [3.8, 4) is 28.1 Å². The minimum absolute atomic E-state index is 0.0244. The van der Waals surface area contributed by atoms with E-state index in [0.717, 1.165) is 10.2 Å². The van der Waals surface area contributed by atoms with Gasteiger partial charge in [-0.25, -0.2) is 4.68 Å². The van der Waals surface area contributed by atoms with Gasteiger partial charge in [0, 0.05) is 23.9 Å². The van der Waals surface area contributed by atoms with Crippen LogP contribution in [0.1, 0.15) is 10.4 Å². The van der Waals surface area contributed by atoms with Crippen molar-refractivity contribution in [1.29, 1.82) is 0 Å². The number of carbonyl (C=O) groups is 1. The summed E-state index contributed by atoms with van der Waals surface area (Å²) < 4.78 is 1.14. The molecule has 8 heteroatoms. The van der Waals surface area contributed by atoms with Gasteiger partial charge >= 0.3 is 0 Å². The van der Waals surface area contributed by atoms with Crippen LogP contribution in [-0.4, -0.2) is 20.8 Å². The second kappa shape index (κ2) is 8.86. The van der Waals surface area contributed by atoms with Gasteiger partial charge in [-0.1, -0.05) is 83.9 Å². The Kier molecular flexibility index (Phi) is 5.99. The Hall–Kier alpha value is -3.61. The number of benzene rings is 3. The predicted octanol–water partition coefficient (Wildman–Crippen LogP) is 5.38. The molecule has 0 aliphatic heterocycles. The summed E-state index contributed by atoms with van der Waals surface area (Å²) in [6, 6.07) is 21.1. The summed E-state index contributed by atoms with van der Waals surface area (Å²) in [5.74, 6) is -0.940. The average molecular weight is 466 g/mol. The van der Waals surface area contributed by atoms with Gasteiger partial charge in [0.15, 0.2) is 5.75 Å². The molecule has 0 fully saturated rings. The molecule has 2 N–H and O–H groups in total. The summed E-state index contributed by atoms with van der Waals surface area (Å²) >= 11 is 12.0. The highest BCUT2D eigenvalue weighted by Crippen LogP contribution is 2.36. The first-order valence-corrected chi connectivity index (χ1v) is 10.3. The van der Waals surface area contributed by atoms with Crippen LogP contribution >= 0.6 is 23.2 Å². The highest BCUT2D eigenvalue weighted by molar-refractivity contribution is 6.37. The van der Waals surface area contributed by atoms with Gasteiger partial charge in [-0.3, -0.25) is 9.59 Å². The fourth-order valence-corrected chi connectivity index (χ4v) is 3.85. The number of halogens is 2. The molecular weight excluding hydrogens is 449 g/mol. The van der Waals surface area contributed by atoms with Gasteiger partial charge in [0.25, 0.3) is 11.5 Å². The van der Waals surface area contributed by atoms with E-state index in [1.54, 1.807) is 0 Å². The number of nitrogens with one attached hydrogen (secondary N) is 1. The number of rotatable bonds is 4. The SMILES string of the molecule is Cn1nc(-c2ccccc2)c(-c2ccccc2)c(C(=O)Nc2cc(Cl)c(O)c(Cl)c2)c1=O. The van der Waals surface area contributed by atoms with Gasteiger partial charge in [0.05, 0.1) is 15.7 Å². The smallest absolute Gasteiger partial charge is 0.280 e. The molecule has 1 aromatic heterocycles. The van der Waals surface area contributed by atoms with Crippen molar-refractivity contribution in [2.24, 2.45) is 7.05 Å². The Bertz CT molecular complexity index is 1350. The van der Waals surface area contributed by atoms with Crippen molar-refractivity contribution in [1.82, 2.24) is 9.78 Å². The van der Waals surface area contributed by atoms with Crippen LogP contribution in [0.3, 0.4) is 0 Å². The van der Waals surface area contributed by atoms with Crippen LogP contribution in [-0.2, 0) is 7.05 Å². The van der Waals surface area contributed by atoms with Crippen molar-refractivity contribution < 1.29 is 9.90 Å². The molecule has 0 aliphatic carbocycles. The highest BCUT2D eigenvalue weighted by atomic mass is 35.5. The zero-order chi connectivity index (χ0) is 22.8. The van der Waals surface area contributed by atoms with Crippen LogP contribution in [0.25, 0.3) is 22.4 Å². The van der Waals surface area contributed by atoms with Crippen molar-refractivity contribution in [2.75, 3.05) is 5.32 Å². The number of aromatic nitrogens is 2. The van der Waals surface area contributed by atoms with Crippen molar-refractivity contribution in [3.63, 3.8) is 0 Å². The third-order valence-electron chi connectivity index (χ3n) is 4.86. The van der Waals surface area contributed by atoms with Crippen LogP contribution < -0.4 is 10.9 Å². The Labute approximate surface area is 193 Å². The van der Waals surface area contributed by atoms with Gasteiger partial charge in [-0.15, -0.1) is 0 Å². The van der Waals surface area contributed by atoms with Crippen LogP contribution in [0.15, 0.2) is 77.6 Å². The molecule has 6 nitrogen and oxygen atoms in total. The first-order valence-electron chi connectivity index (χ1n) is 9.58. The van der Waals surface area contributed by atoms with Gasteiger partial charge in [0.2, 0.25) is 0 Å². The van der Waals surface area contributed by atoms with Crippen molar-refractivity contribution in [3.05, 3.63) is 98.8 Å². The van der Waals surface area contributed by atoms with E-state index in [9.17, 15) is 14.7 Å². The Morgan fingerprint density at radius 2 is 1.47 bits per heavy atom. The zero-order valence-electron chi connectivity index (χ0n) is 16.8. The van der Waals surface area contributed by atoms with E-state index in [1.807, 2.05) is 60.7 Å². The molecule has 4 rings (SSSR count). The highest BCUT2D eigenvalue weighted by Gasteiger charge is 2.24. The Morgan fingerprint density at radius 3 is 2.03 bits per heavy atom. The van der Waals surface area contributed by atoms with E-state index in [-0.39, 0.29) is 27.0 Å². The fraction of sp³-hybridized carbons (Fsp3) is 0.0417. The number of hydrogen-bond acceptors (Lipinski definition) is 4. The maximum atomic E-state index is 13.4. The fourth-order valence-electron chi connectivity index (χ4n) is 3.36. The van der Waals surface area contributed by atoms with Crippen molar-refractivity contribution >= 4 is 34.8 Å². The third kappa shape index (κ3) is 4.10. The van der Waals surface area contributed by atoms with Crippen LogP contribution in [0, 0.1) is 0 Å². The lowest BCUT2D eigenvalue weighted by Crippen LogP contribution is -2.31. The molecular formula is C24H17Cl2N3O3. The third-order valence-corrected chi connectivity index (χ3v) is 5.43. The molecule has 0 unspecified atom stereocenters. The largest absolute Gasteiger partial charge is 0.505 e. The molecule has 3 aromatic carbocycles. The number of nitrogens with zero attached hydrogens (tertiary/aromatic N) is 2. The standard InChI is InChI=1S/C24H17Cl2N3O3/c1-29-24(32)20(23(31)27-16-12-17(25)22(30)18(26)13-16)19(14-8-4-2-5-9-14)21(28-29)15-10-6-3-7-11-15/h2-13,30H,1H3,(H,27,31). The maximum Gasteiger partial charge on any atom is 0.280 e. The molecule has 0 saturated heterocycles. The number of aryl methyl sites for hydroxylation is 1. The minimum Gasteiger partial charge on any atom is -0.505 e. The molecule has 32 heavy (non-hydrogen) atoms. The summed E-state index contributed by atoms with van der Waals surface area (Å²) in [4.78, 5) is 26.5. The molecule has 4 aromatic rings. The maximum absolute atomic E-state index is 13.4. The second-order valence-electron chi connectivity index (χ2n) is 7.00. The van der Waals surface area contributed by atoms with Crippen LogP contribution in [0.2, 0.25) is 10.0 Å². The van der Waals surface area contributed by atoms with E-state index in [0.29, 0.717) is 16.8 Å². The van der Waals surface area contributed by atoms with E-state index < -0.39 is 11.5 Å². The summed E-state index contributed by atoms with van der Waals surface area (Å²) in [5.41, 5.74) is 1.93. The minimum atomic E-state index is -0.651. The van der Waals surface area contributed by atoms with Gasteiger partial charge < -0.3 is 10.4 Å². The van der Waals surface area contributed by atoms with Crippen molar-refractivity contribution in [2.45, 2.75) is 0 Å². The molecule has 1 heterocycles. The lowest BCUT2D eigenvalue weighted by atomic mass is 9.95. The second-order valence-corrected chi connectivity index (χ2v) is 7.82. The van der Waals surface area contributed by atoms with Crippen LogP contribution in [0.5, 0.6) is 5.75 Å². The quantitative estimate of drug-likeness (QED) is 0.396. The summed E-state index contributed by atoms with van der Waals surface area (Å²) in [7, 11) is 1.49. The summed E-state index contributed by atoms with van der Waals surface area (Å²) in [5, 5.41) is 16.9. The number of aromatic hydroxyl groups is 1. The lowest BCUT2D eigenvalue weighted by molar-refractivity contribution is 0.102. The normalized spacial score (nSPS) is 10.7. The summed E-state index contributed by atoms with van der Waals surface area (Å²) in [6.45, 7) is 0. The van der Waals surface area contributed by atoms with Gasteiger partial charge in [0.1, 0.15) is 5.56 Å². The number of phenols is 1. The number of hydrogen-bond donors (Lipinski definition) is 2. The topological polar surface area (TPSA) is 84.2 Å². The molecule has 1 amide bonds. The number of phenolic OH excluding ortho intramolecular Hbond substituents is 1. The number of amides is 1. The Balaban J connectivity index is 1.94. The van der Waals surface area contributed by atoms with Gasteiger partial charge in [-0.2, -0.15) is 5.10 Å². The first-order chi connectivity index (χ1) is 15.4. The zero-order valence-corrected chi connectivity index (χ0v) is 18.4. The molecule has 0 bridgehead atoms. The molecule has 0 spiro atoms. The lowest BCUT2D eigenvalue weighted by Gasteiger charge is -2.16. The van der Waals surface area contributed by atoms with Gasteiger partial charge in [-0.05, 0) is 17.7 Å². The predicted molar refractivity (Wildman–Crippen MR) is 126 cm³/mol. The molecule has 0 aliphatic rings. The Morgan fingerprint density at radius 1 is 0.938 bits per heavy atom. The van der Waals surface area contributed by atoms with E-state index >= 15 is 0 Å². The van der Waals surface area contributed by atoms with Crippen LogP contribution in [0.4, 0.5) is 5.69 Å². The number of anilines is 1. The molecule has 160 valence electrons. The molecule has 0 atom stereocenters. The first kappa shape index (κ1) is 21.6. The summed E-state index contributed by atoms with van der Waals surface area (Å²) in [6.07, 6.45) is 0.